The van der Waals surface area contributed by atoms with Gasteiger partial charge in [-0.05, 0) is 47.9 Å². The number of ether oxygens (including phenoxy) is 1. The number of benzene rings is 2. The van der Waals surface area contributed by atoms with Gasteiger partial charge in [0.15, 0.2) is 0 Å². The minimum absolute atomic E-state index is 0.000270. The summed E-state index contributed by atoms with van der Waals surface area (Å²) < 4.78 is 29.4. The van der Waals surface area contributed by atoms with Crippen molar-refractivity contribution in [2.24, 2.45) is 0 Å². The third-order valence-corrected chi connectivity index (χ3v) is 6.18. The Morgan fingerprint density at radius 1 is 1.25 bits per heavy atom. The first-order chi connectivity index (χ1) is 17.2. The van der Waals surface area contributed by atoms with Gasteiger partial charge in [0.2, 0.25) is 11.2 Å². The molecule has 0 radical (unpaired) electrons. The van der Waals surface area contributed by atoms with Crippen molar-refractivity contribution in [3.63, 3.8) is 0 Å². The number of alkyl halides is 2. The number of aromatic nitrogens is 2. The summed E-state index contributed by atoms with van der Waals surface area (Å²) in [4.78, 5) is 35.4. The highest BCUT2D eigenvalue weighted by Crippen LogP contribution is 2.32. The Hall–Kier alpha value is -3.34. The Bertz CT molecular complexity index is 1310. The van der Waals surface area contributed by atoms with Crippen LogP contribution in [0, 0.1) is 0 Å². The Balaban J connectivity index is 1.51. The molecule has 1 aliphatic rings. The highest BCUT2D eigenvalue weighted by atomic mass is 35.5. The highest BCUT2D eigenvalue weighted by Gasteiger charge is 2.37. The van der Waals surface area contributed by atoms with E-state index in [4.69, 9.17) is 23.2 Å². The summed E-state index contributed by atoms with van der Waals surface area (Å²) in [6, 6.07) is 9.19. The number of nitrogens with zero attached hydrogens (tertiary/aromatic N) is 3. The first-order valence-electron chi connectivity index (χ1n) is 10.8. The molecule has 2 amide bonds. The Morgan fingerprint density at radius 3 is 2.75 bits per heavy atom. The number of aliphatic hydroxyl groups excluding tert-OH is 1. The van der Waals surface area contributed by atoms with Gasteiger partial charge >= 0.3 is 6.61 Å². The van der Waals surface area contributed by atoms with E-state index in [1.54, 1.807) is 31.2 Å². The van der Waals surface area contributed by atoms with Crippen LogP contribution in [0.5, 0.6) is 5.75 Å². The van der Waals surface area contributed by atoms with E-state index in [1.165, 1.54) is 29.3 Å². The van der Waals surface area contributed by atoms with E-state index >= 15 is 0 Å². The average molecular weight is 537 g/mol. The fourth-order valence-corrected chi connectivity index (χ4v) is 4.28. The predicted molar refractivity (Wildman–Crippen MR) is 128 cm³/mol. The third-order valence-electron chi connectivity index (χ3n) is 5.72. The van der Waals surface area contributed by atoms with Crippen molar-refractivity contribution in [3.05, 3.63) is 75.7 Å². The molecular formula is C24H20Cl2F2N4O4. The van der Waals surface area contributed by atoms with E-state index in [0.717, 1.165) is 0 Å². The normalized spacial score (nSPS) is 14.5. The number of halogens is 4. The molecule has 0 saturated heterocycles. The lowest BCUT2D eigenvalue weighted by Gasteiger charge is -2.27. The molecule has 0 aliphatic carbocycles. The fourth-order valence-electron chi connectivity index (χ4n) is 3.95. The van der Waals surface area contributed by atoms with Crippen LogP contribution >= 0.6 is 23.2 Å². The van der Waals surface area contributed by atoms with Crippen LogP contribution < -0.4 is 10.1 Å². The van der Waals surface area contributed by atoms with Crippen molar-refractivity contribution >= 4 is 35.0 Å². The van der Waals surface area contributed by atoms with E-state index in [2.05, 4.69) is 20.0 Å². The van der Waals surface area contributed by atoms with E-state index in [9.17, 15) is 23.5 Å². The van der Waals surface area contributed by atoms with Crippen LogP contribution in [-0.4, -0.2) is 51.0 Å². The van der Waals surface area contributed by atoms with E-state index < -0.39 is 37.1 Å². The molecule has 0 bridgehead atoms. The predicted octanol–water partition coefficient (Wildman–Crippen LogP) is 4.25. The van der Waals surface area contributed by atoms with Gasteiger partial charge in [-0.15, -0.1) is 0 Å². The number of carbonyl (C=O) groups excluding carboxylic acids is 2. The van der Waals surface area contributed by atoms with Gasteiger partial charge in [0.25, 0.3) is 5.91 Å². The van der Waals surface area contributed by atoms with Gasteiger partial charge in [-0.2, -0.15) is 8.78 Å². The number of amides is 2. The molecular weight excluding hydrogens is 517 g/mol. The summed E-state index contributed by atoms with van der Waals surface area (Å²) >= 11 is 12.1. The summed E-state index contributed by atoms with van der Waals surface area (Å²) in [5, 5.41) is 12.9. The van der Waals surface area contributed by atoms with Gasteiger partial charge in [0.05, 0.1) is 29.6 Å². The number of carbonyl (C=O) groups is 2. The number of aliphatic hydroxyl groups is 1. The van der Waals surface area contributed by atoms with Crippen molar-refractivity contribution in [2.45, 2.75) is 32.2 Å². The molecule has 36 heavy (non-hydrogen) atoms. The zero-order valence-electron chi connectivity index (χ0n) is 18.8. The Morgan fingerprint density at radius 2 is 2.03 bits per heavy atom. The van der Waals surface area contributed by atoms with Gasteiger partial charge in [0, 0.05) is 17.7 Å². The maximum absolute atomic E-state index is 13.2. The molecule has 0 fully saturated rings. The van der Waals surface area contributed by atoms with Crippen molar-refractivity contribution in [3.8, 4) is 17.0 Å². The summed E-state index contributed by atoms with van der Waals surface area (Å²) in [5.74, 6) is -1.09. The second kappa shape index (κ2) is 10.7. The highest BCUT2D eigenvalue weighted by molar-refractivity contribution is 6.33. The van der Waals surface area contributed by atoms with Crippen LogP contribution in [0.3, 0.4) is 0 Å². The standard InChI is InChI=1S/C24H20Cl2F2N4O4/c1-12(13-3-2-4-16(7-13)36-24(27)28)30-21(34)19(11-33)32-10-15-6-5-14(8-17(15)22(32)35)20-18(25)9-29-23(26)31-20/h2-9,12,19,24,33H,10-11H2,1H3,(H,30,34). The Kier molecular flexibility index (Phi) is 7.67. The number of hydrogen-bond donors (Lipinski definition) is 2. The molecule has 4 rings (SSSR count). The Labute approximate surface area is 214 Å². The topological polar surface area (TPSA) is 105 Å². The summed E-state index contributed by atoms with van der Waals surface area (Å²) in [6.45, 7) is -1.84. The zero-order chi connectivity index (χ0) is 26.0. The molecule has 12 heteroatoms. The lowest BCUT2D eigenvalue weighted by Crippen LogP contribution is -2.49. The number of rotatable bonds is 8. The molecule has 8 nitrogen and oxygen atoms in total. The SMILES string of the molecule is CC(NC(=O)C(CO)N1Cc2ccc(-c3nc(Cl)ncc3Cl)cc2C1=O)c1cccc(OC(F)F)c1. The number of nitrogens with one attached hydrogen (secondary N) is 1. The van der Waals surface area contributed by atoms with Crippen LogP contribution in [0.2, 0.25) is 10.3 Å². The third kappa shape index (κ3) is 5.40. The second-order valence-electron chi connectivity index (χ2n) is 8.02. The van der Waals surface area contributed by atoms with Gasteiger partial charge in [-0.1, -0.05) is 35.9 Å². The number of hydrogen-bond acceptors (Lipinski definition) is 6. The zero-order valence-corrected chi connectivity index (χ0v) is 20.3. The fraction of sp³-hybridized carbons (Fsp3) is 0.250. The van der Waals surface area contributed by atoms with Crippen LogP contribution in [0.1, 0.15) is 34.5 Å². The van der Waals surface area contributed by atoms with E-state index in [-0.39, 0.29) is 22.6 Å². The monoisotopic (exact) mass is 536 g/mol. The smallest absolute Gasteiger partial charge is 0.387 e. The molecule has 2 aromatic carbocycles. The largest absolute Gasteiger partial charge is 0.435 e. The minimum atomic E-state index is -2.98. The summed E-state index contributed by atoms with van der Waals surface area (Å²) in [7, 11) is 0. The number of fused-ring (bicyclic) bond motifs is 1. The molecule has 2 heterocycles. The molecule has 3 aromatic rings. The van der Waals surface area contributed by atoms with Crippen molar-refractivity contribution in [2.75, 3.05) is 6.61 Å². The van der Waals surface area contributed by atoms with Crippen molar-refractivity contribution in [1.82, 2.24) is 20.2 Å². The first-order valence-corrected chi connectivity index (χ1v) is 11.5. The molecule has 1 aliphatic heterocycles. The molecule has 2 N–H and O–H groups in total. The molecule has 0 saturated carbocycles. The maximum Gasteiger partial charge on any atom is 0.387 e. The molecule has 1 aromatic heterocycles. The average Bonchev–Trinajstić information content (AvgIpc) is 3.16. The molecule has 2 unspecified atom stereocenters. The van der Waals surface area contributed by atoms with Crippen molar-refractivity contribution in [1.29, 1.82) is 0 Å². The van der Waals surface area contributed by atoms with Gasteiger partial charge in [0.1, 0.15) is 11.8 Å². The van der Waals surface area contributed by atoms with Crippen molar-refractivity contribution < 1.29 is 28.2 Å². The summed E-state index contributed by atoms with van der Waals surface area (Å²) in [5.41, 5.74) is 2.42. The van der Waals surface area contributed by atoms with Crippen LogP contribution in [0.4, 0.5) is 8.78 Å². The van der Waals surface area contributed by atoms with Crippen LogP contribution in [-0.2, 0) is 11.3 Å². The van der Waals surface area contributed by atoms with Crippen LogP contribution in [0.25, 0.3) is 11.3 Å². The van der Waals surface area contributed by atoms with Gasteiger partial charge in [-0.3, -0.25) is 9.59 Å². The van der Waals surface area contributed by atoms with Gasteiger partial charge < -0.3 is 20.1 Å². The summed E-state index contributed by atoms with van der Waals surface area (Å²) in [6.07, 6.45) is 1.36. The minimum Gasteiger partial charge on any atom is -0.435 e. The quantitative estimate of drug-likeness (QED) is 0.417. The molecule has 0 spiro atoms. The maximum atomic E-state index is 13.2. The van der Waals surface area contributed by atoms with E-state index in [0.29, 0.717) is 27.9 Å². The van der Waals surface area contributed by atoms with E-state index in [1.807, 2.05) is 0 Å². The lowest BCUT2D eigenvalue weighted by molar-refractivity contribution is -0.127. The van der Waals surface area contributed by atoms with Crippen LogP contribution in [0.15, 0.2) is 48.7 Å². The lowest BCUT2D eigenvalue weighted by atomic mass is 10.0. The molecule has 188 valence electrons. The second-order valence-corrected chi connectivity index (χ2v) is 8.77. The molecule has 2 atom stereocenters. The van der Waals surface area contributed by atoms with Gasteiger partial charge in [-0.25, -0.2) is 9.97 Å². The first kappa shape index (κ1) is 25.7.